The molecule has 1 atom stereocenters. The smallest absolute Gasteiger partial charge is 0.410 e. The lowest BCUT2D eigenvalue weighted by Gasteiger charge is -2.34. The van der Waals surface area contributed by atoms with Gasteiger partial charge in [0.25, 0.3) is 0 Å². The van der Waals surface area contributed by atoms with E-state index < -0.39 is 11.2 Å². The largest absolute Gasteiger partial charge is 0.459 e. The number of carbonyl (C=O) groups is 2. The fourth-order valence-corrected chi connectivity index (χ4v) is 2.48. The summed E-state index contributed by atoms with van der Waals surface area (Å²) in [7, 11) is 0. The van der Waals surface area contributed by atoms with Crippen molar-refractivity contribution in [3.8, 4) is 0 Å². The van der Waals surface area contributed by atoms with Crippen LogP contribution in [-0.4, -0.2) is 54.3 Å². The number of likely N-dealkylation sites (tertiary alicyclic amines) is 1. The maximum absolute atomic E-state index is 12.1. The number of ether oxygens (including phenoxy) is 2. The second kappa shape index (κ2) is 7.99. The molecule has 23 heavy (non-hydrogen) atoms. The van der Waals surface area contributed by atoms with E-state index in [4.69, 9.17) is 9.47 Å². The van der Waals surface area contributed by atoms with Crippen LogP contribution in [0.1, 0.15) is 54.4 Å². The average molecular weight is 328 g/mol. The quantitative estimate of drug-likeness (QED) is 0.803. The second-order valence-corrected chi connectivity index (χ2v) is 8.15. The molecule has 1 amide bonds. The molecular formula is C17H32N2O4. The van der Waals surface area contributed by atoms with Gasteiger partial charge < -0.3 is 19.7 Å². The van der Waals surface area contributed by atoms with Crippen LogP contribution in [0.4, 0.5) is 4.79 Å². The summed E-state index contributed by atoms with van der Waals surface area (Å²) in [4.78, 5) is 25.5. The van der Waals surface area contributed by atoms with Gasteiger partial charge in [0, 0.05) is 19.6 Å². The minimum atomic E-state index is -0.473. The van der Waals surface area contributed by atoms with Crippen molar-refractivity contribution in [2.24, 2.45) is 5.92 Å². The lowest BCUT2D eigenvalue weighted by molar-refractivity contribution is -0.153. The van der Waals surface area contributed by atoms with Gasteiger partial charge in [-0.2, -0.15) is 0 Å². The number of carbonyl (C=O) groups excluding carboxylic acids is 2. The molecule has 0 bridgehead atoms. The Morgan fingerprint density at radius 1 is 1.09 bits per heavy atom. The van der Waals surface area contributed by atoms with Crippen LogP contribution in [-0.2, 0) is 14.3 Å². The number of rotatable bonds is 4. The van der Waals surface area contributed by atoms with E-state index in [0.29, 0.717) is 19.0 Å². The molecule has 1 aliphatic rings. The molecule has 1 aliphatic heterocycles. The fraction of sp³-hybridized carbons (Fsp3) is 0.882. The van der Waals surface area contributed by atoms with Crippen molar-refractivity contribution in [1.82, 2.24) is 10.2 Å². The predicted molar refractivity (Wildman–Crippen MR) is 89.2 cm³/mol. The Morgan fingerprint density at radius 3 is 2.26 bits per heavy atom. The second-order valence-electron chi connectivity index (χ2n) is 8.15. The first-order valence-electron chi connectivity index (χ1n) is 8.37. The third kappa shape index (κ3) is 8.79. The van der Waals surface area contributed by atoms with Gasteiger partial charge in [0.05, 0.1) is 6.54 Å². The van der Waals surface area contributed by atoms with Crippen LogP contribution < -0.4 is 5.32 Å². The van der Waals surface area contributed by atoms with Crippen molar-refractivity contribution in [1.29, 1.82) is 0 Å². The number of nitrogens with one attached hydrogen (secondary N) is 1. The highest BCUT2D eigenvalue weighted by molar-refractivity contribution is 5.72. The highest BCUT2D eigenvalue weighted by atomic mass is 16.6. The summed E-state index contributed by atoms with van der Waals surface area (Å²) in [6.45, 7) is 13.4. The fourth-order valence-electron chi connectivity index (χ4n) is 2.48. The van der Waals surface area contributed by atoms with Gasteiger partial charge in [-0.3, -0.25) is 4.79 Å². The van der Waals surface area contributed by atoms with Crippen LogP contribution in [0.3, 0.4) is 0 Å². The van der Waals surface area contributed by atoms with E-state index in [1.165, 1.54) is 0 Å². The average Bonchev–Trinajstić information content (AvgIpc) is 2.35. The molecule has 134 valence electrons. The standard InChI is InChI=1S/C17H32N2O4/c1-16(2,3)22-14(20)11-18-10-13-8-7-9-19(12-13)15(21)23-17(4,5)6/h13,18H,7-12H2,1-6H3. The number of esters is 1. The van der Waals surface area contributed by atoms with Crippen LogP contribution >= 0.6 is 0 Å². The summed E-state index contributed by atoms with van der Waals surface area (Å²) in [5.41, 5.74) is -0.934. The maximum atomic E-state index is 12.1. The van der Waals surface area contributed by atoms with Gasteiger partial charge in [-0.15, -0.1) is 0 Å². The number of amides is 1. The summed E-state index contributed by atoms with van der Waals surface area (Å²) in [6.07, 6.45) is 1.74. The molecular weight excluding hydrogens is 296 g/mol. The highest BCUT2D eigenvalue weighted by Crippen LogP contribution is 2.18. The summed E-state index contributed by atoms with van der Waals surface area (Å²) in [6, 6.07) is 0. The molecule has 0 aromatic heterocycles. The number of piperidine rings is 1. The Hall–Kier alpha value is -1.30. The molecule has 1 fully saturated rings. The molecule has 0 aromatic rings. The summed E-state index contributed by atoms with van der Waals surface area (Å²) >= 11 is 0. The third-order valence-electron chi connectivity index (χ3n) is 3.29. The number of nitrogens with zero attached hydrogens (tertiary/aromatic N) is 1. The van der Waals surface area contributed by atoms with Gasteiger partial charge >= 0.3 is 12.1 Å². The van der Waals surface area contributed by atoms with Gasteiger partial charge in [-0.05, 0) is 60.3 Å². The van der Waals surface area contributed by atoms with Crippen LogP contribution in [0.15, 0.2) is 0 Å². The highest BCUT2D eigenvalue weighted by Gasteiger charge is 2.27. The van der Waals surface area contributed by atoms with Gasteiger partial charge in [-0.1, -0.05) is 0 Å². The molecule has 6 nitrogen and oxygen atoms in total. The summed E-state index contributed by atoms with van der Waals surface area (Å²) in [5, 5.41) is 3.13. The molecule has 0 radical (unpaired) electrons. The van der Waals surface area contributed by atoms with Gasteiger partial charge in [-0.25, -0.2) is 4.79 Å². The first kappa shape index (κ1) is 19.7. The van der Waals surface area contributed by atoms with E-state index in [9.17, 15) is 9.59 Å². The molecule has 6 heteroatoms. The normalized spacial score (nSPS) is 19.4. The molecule has 0 aliphatic carbocycles. The van der Waals surface area contributed by atoms with Gasteiger partial charge in [0.15, 0.2) is 0 Å². The molecule has 1 N–H and O–H groups in total. The SMILES string of the molecule is CC(C)(C)OC(=O)CNCC1CCCN(C(=O)OC(C)(C)C)C1. The zero-order chi connectivity index (χ0) is 17.7. The Kier molecular flexibility index (Phi) is 6.86. The van der Waals surface area contributed by atoms with E-state index in [1.54, 1.807) is 4.90 Å². The molecule has 1 rings (SSSR count). The van der Waals surface area contributed by atoms with E-state index in [-0.39, 0.29) is 18.6 Å². The maximum Gasteiger partial charge on any atom is 0.410 e. The van der Waals surface area contributed by atoms with Crippen LogP contribution in [0.2, 0.25) is 0 Å². The Bertz CT molecular complexity index is 410. The monoisotopic (exact) mass is 328 g/mol. The van der Waals surface area contributed by atoms with Crippen molar-refractivity contribution >= 4 is 12.1 Å². The Morgan fingerprint density at radius 2 is 1.70 bits per heavy atom. The predicted octanol–water partition coefficient (Wildman–Crippen LogP) is 2.56. The van der Waals surface area contributed by atoms with Crippen molar-refractivity contribution in [2.75, 3.05) is 26.2 Å². The number of hydrogen-bond acceptors (Lipinski definition) is 5. The van der Waals surface area contributed by atoms with Crippen LogP contribution in [0, 0.1) is 5.92 Å². The summed E-state index contributed by atoms with van der Waals surface area (Å²) in [5.74, 6) is 0.0796. The van der Waals surface area contributed by atoms with E-state index in [0.717, 1.165) is 19.4 Å². The van der Waals surface area contributed by atoms with Crippen molar-refractivity contribution in [3.05, 3.63) is 0 Å². The minimum Gasteiger partial charge on any atom is -0.459 e. The Balaban J connectivity index is 2.33. The zero-order valence-corrected chi connectivity index (χ0v) is 15.4. The Labute approximate surface area is 139 Å². The molecule has 0 saturated carbocycles. The van der Waals surface area contributed by atoms with E-state index in [2.05, 4.69) is 5.32 Å². The molecule has 0 spiro atoms. The van der Waals surface area contributed by atoms with E-state index in [1.807, 2.05) is 41.5 Å². The lowest BCUT2D eigenvalue weighted by atomic mass is 9.98. The van der Waals surface area contributed by atoms with Crippen LogP contribution in [0.5, 0.6) is 0 Å². The minimum absolute atomic E-state index is 0.195. The van der Waals surface area contributed by atoms with E-state index >= 15 is 0 Å². The molecule has 1 heterocycles. The first-order chi connectivity index (χ1) is 10.5. The summed E-state index contributed by atoms with van der Waals surface area (Å²) < 4.78 is 10.7. The molecule has 1 saturated heterocycles. The van der Waals surface area contributed by atoms with Crippen LogP contribution in [0.25, 0.3) is 0 Å². The third-order valence-corrected chi connectivity index (χ3v) is 3.29. The first-order valence-corrected chi connectivity index (χ1v) is 8.37. The van der Waals surface area contributed by atoms with Crippen molar-refractivity contribution in [2.45, 2.75) is 65.6 Å². The van der Waals surface area contributed by atoms with Crippen molar-refractivity contribution < 1.29 is 19.1 Å². The number of hydrogen-bond donors (Lipinski definition) is 1. The zero-order valence-electron chi connectivity index (χ0n) is 15.4. The van der Waals surface area contributed by atoms with Crippen molar-refractivity contribution in [3.63, 3.8) is 0 Å². The lowest BCUT2D eigenvalue weighted by Crippen LogP contribution is -2.45. The molecule has 1 unspecified atom stereocenters. The van der Waals surface area contributed by atoms with Gasteiger partial charge in [0.1, 0.15) is 11.2 Å². The van der Waals surface area contributed by atoms with Gasteiger partial charge in [0.2, 0.25) is 0 Å². The topological polar surface area (TPSA) is 67.9 Å². The molecule has 0 aromatic carbocycles.